The van der Waals surface area contributed by atoms with E-state index in [-0.39, 0.29) is 0 Å². The average molecular weight is 290 g/mol. The first kappa shape index (κ1) is 14.6. The molecular formula is C21H22O. The lowest BCUT2D eigenvalue weighted by atomic mass is 9.94. The topological polar surface area (TPSA) is 9.23 Å². The molecule has 3 aromatic carbocycles. The van der Waals surface area contributed by atoms with Gasteiger partial charge in [0, 0.05) is 0 Å². The molecule has 0 unspecified atom stereocenters. The zero-order valence-electron chi connectivity index (χ0n) is 13.5. The quantitative estimate of drug-likeness (QED) is 0.597. The number of benzene rings is 3. The zero-order chi connectivity index (χ0) is 15.5. The predicted molar refractivity (Wildman–Crippen MR) is 94.5 cm³/mol. The summed E-state index contributed by atoms with van der Waals surface area (Å²) in [6.45, 7) is 4.49. The van der Waals surface area contributed by atoms with E-state index in [0.717, 1.165) is 12.2 Å². The molecule has 0 saturated heterocycles. The van der Waals surface area contributed by atoms with E-state index in [2.05, 4.69) is 74.5 Å². The summed E-state index contributed by atoms with van der Waals surface area (Å²) >= 11 is 0. The fourth-order valence-electron chi connectivity index (χ4n) is 3.00. The van der Waals surface area contributed by atoms with Crippen LogP contribution >= 0.6 is 0 Å². The van der Waals surface area contributed by atoms with E-state index in [9.17, 15) is 0 Å². The Morgan fingerprint density at radius 1 is 0.909 bits per heavy atom. The van der Waals surface area contributed by atoms with Crippen molar-refractivity contribution in [3.8, 4) is 16.9 Å². The maximum atomic E-state index is 5.51. The van der Waals surface area contributed by atoms with Crippen LogP contribution in [0.1, 0.15) is 19.4 Å². The molecule has 0 N–H and O–H groups in total. The van der Waals surface area contributed by atoms with Crippen LogP contribution in [0.5, 0.6) is 5.75 Å². The van der Waals surface area contributed by atoms with Gasteiger partial charge in [-0.3, -0.25) is 0 Å². The second-order valence-corrected chi connectivity index (χ2v) is 6.19. The highest BCUT2D eigenvalue weighted by molar-refractivity contribution is 5.96. The molecule has 1 nitrogen and oxygen atoms in total. The van der Waals surface area contributed by atoms with Crippen LogP contribution in [0.2, 0.25) is 0 Å². The SMILES string of the molecule is COc1cc(CC(C)C)cc(-c2cccc3ccccc23)c1. The Balaban J connectivity index is 2.17. The summed E-state index contributed by atoms with van der Waals surface area (Å²) in [4.78, 5) is 0. The molecular weight excluding hydrogens is 268 g/mol. The van der Waals surface area contributed by atoms with Crippen molar-refractivity contribution in [3.63, 3.8) is 0 Å². The van der Waals surface area contributed by atoms with Gasteiger partial charge in [-0.25, -0.2) is 0 Å². The third-order valence-corrected chi connectivity index (χ3v) is 3.95. The van der Waals surface area contributed by atoms with Crippen molar-refractivity contribution in [1.29, 1.82) is 0 Å². The standard InChI is InChI=1S/C21H22O/c1-15(2)11-16-12-18(14-19(13-16)22-3)21-10-6-8-17-7-4-5-9-20(17)21/h4-10,12-15H,11H2,1-3H3. The fourth-order valence-corrected chi connectivity index (χ4v) is 3.00. The lowest BCUT2D eigenvalue weighted by molar-refractivity contribution is 0.414. The van der Waals surface area contributed by atoms with Crippen LogP contribution in [0.4, 0.5) is 0 Å². The molecule has 0 atom stereocenters. The number of hydrogen-bond acceptors (Lipinski definition) is 1. The molecule has 112 valence electrons. The maximum absolute atomic E-state index is 5.51. The van der Waals surface area contributed by atoms with Crippen LogP contribution in [-0.2, 0) is 6.42 Å². The Hall–Kier alpha value is -2.28. The molecule has 0 amide bonds. The molecule has 0 fully saturated rings. The molecule has 0 bridgehead atoms. The van der Waals surface area contributed by atoms with Crippen molar-refractivity contribution in [2.45, 2.75) is 20.3 Å². The van der Waals surface area contributed by atoms with Crippen molar-refractivity contribution >= 4 is 10.8 Å². The zero-order valence-corrected chi connectivity index (χ0v) is 13.5. The number of methoxy groups -OCH3 is 1. The van der Waals surface area contributed by atoms with E-state index in [1.54, 1.807) is 7.11 Å². The first-order valence-corrected chi connectivity index (χ1v) is 7.83. The Bertz CT molecular complexity index is 782. The fraction of sp³-hybridized carbons (Fsp3) is 0.238. The van der Waals surface area contributed by atoms with Crippen LogP contribution in [0.15, 0.2) is 60.7 Å². The highest BCUT2D eigenvalue weighted by Crippen LogP contribution is 2.32. The van der Waals surface area contributed by atoms with Crippen molar-refractivity contribution in [3.05, 3.63) is 66.2 Å². The third kappa shape index (κ3) is 2.99. The highest BCUT2D eigenvalue weighted by Gasteiger charge is 2.08. The van der Waals surface area contributed by atoms with Crippen molar-refractivity contribution in [2.24, 2.45) is 5.92 Å². The van der Waals surface area contributed by atoms with Gasteiger partial charge in [-0.15, -0.1) is 0 Å². The Morgan fingerprint density at radius 3 is 2.45 bits per heavy atom. The first-order chi connectivity index (χ1) is 10.7. The summed E-state index contributed by atoms with van der Waals surface area (Å²) in [5.74, 6) is 1.56. The minimum Gasteiger partial charge on any atom is -0.497 e. The van der Waals surface area contributed by atoms with Gasteiger partial charge in [-0.05, 0) is 51.9 Å². The van der Waals surface area contributed by atoms with Gasteiger partial charge in [0.15, 0.2) is 0 Å². The average Bonchev–Trinajstić information content (AvgIpc) is 2.53. The van der Waals surface area contributed by atoms with E-state index >= 15 is 0 Å². The Labute approximate surface area is 132 Å². The molecule has 0 aliphatic carbocycles. The van der Waals surface area contributed by atoms with Crippen LogP contribution in [0, 0.1) is 5.92 Å². The largest absolute Gasteiger partial charge is 0.497 e. The maximum Gasteiger partial charge on any atom is 0.119 e. The van der Waals surface area contributed by atoms with Crippen LogP contribution in [-0.4, -0.2) is 7.11 Å². The lowest BCUT2D eigenvalue weighted by Gasteiger charge is -2.13. The van der Waals surface area contributed by atoms with E-state index in [4.69, 9.17) is 4.74 Å². The molecule has 0 radical (unpaired) electrons. The second kappa shape index (κ2) is 6.23. The minimum atomic E-state index is 0.632. The van der Waals surface area contributed by atoms with Gasteiger partial charge in [0.05, 0.1) is 7.11 Å². The molecule has 3 aromatic rings. The molecule has 0 spiro atoms. The summed E-state index contributed by atoms with van der Waals surface area (Å²) in [6.07, 6.45) is 1.06. The summed E-state index contributed by atoms with van der Waals surface area (Å²) in [7, 11) is 1.74. The predicted octanol–water partition coefficient (Wildman–Crippen LogP) is 5.71. The second-order valence-electron chi connectivity index (χ2n) is 6.19. The molecule has 1 heteroatoms. The number of hydrogen-bond donors (Lipinski definition) is 0. The Morgan fingerprint density at radius 2 is 1.68 bits per heavy atom. The lowest BCUT2D eigenvalue weighted by Crippen LogP contribution is -1.96. The van der Waals surface area contributed by atoms with Crippen molar-refractivity contribution in [1.82, 2.24) is 0 Å². The number of fused-ring (bicyclic) bond motifs is 1. The Kier molecular flexibility index (Phi) is 4.15. The van der Waals surface area contributed by atoms with Gasteiger partial charge < -0.3 is 4.74 Å². The van der Waals surface area contributed by atoms with E-state index in [1.165, 1.54) is 27.5 Å². The monoisotopic (exact) mass is 290 g/mol. The van der Waals surface area contributed by atoms with Gasteiger partial charge in [0.25, 0.3) is 0 Å². The van der Waals surface area contributed by atoms with Gasteiger partial charge in [-0.1, -0.05) is 62.4 Å². The summed E-state index contributed by atoms with van der Waals surface area (Å²) in [6, 6.07) is 21.6. The van der Waals surface area contributed by atoms with Crippen molar-refractivity contribution < 1.29 is 4.74 Å². The summed E-state index contributed by atoms with van der Waals surface area (Å²) in [5, 5.41) is 2.56. The third-order valence-electron chi connectivity index (χ3n) is 3.95. The van der Waals surface area contributed by atoms with Crippen LogP contribution in [0.25, 0.3) is 21.9 Å². The first-order valence-electron chi connectivity index (χ1n) is 7.83. The normalized spacial score (nSPS) is 11.1. The molecule has 3 rings (SSSR count). The summed E-state index contributed by atoms with van der Waals surface area (Å²) in [5.41, 5.74) is 3.83. The number of ether oxygens (including phenoxy) is 1. The molecule has 22 heavy (non-hydrogen) atoms. The van der Waals surface area contributed by atoms with E-state index in [0.29, 0.717) is 5.92 Å². The smallest absolute Gasteiger partial charge is 0.119 e. The van der Waals surface area contributed by atoms with Crippen LogP contribution < -0.4 is 4.74 Å². The molecule has 0 aliphatic rings. The van der Waals surface area contributed by atoms with E-state index in [1.807, 2.05) is 0 Å². The van der Waals surface area contributed by atoms with Gasteiger partial charge >= 0.3 is 0 Å². The molecule has 0 saturated carbocycles. The van der Waals surface area contributed by atoms with E-state index < -0.39 is 0 Å². The number of rotatable bonds is 4. The molecule has 0 heterocycles. The minimum absolute atomic E-state index is 0.632. The van der Waals surface area contributed by atoms with Crippen molar-refractivity contribution in [2.75, 3.05) is 7.11 Å². The van der Waals surface area contributed by atoms with Gasteiger partial charge in [-0.2, -0.15) is 0 Å². The summed E-state index contributed by atoms with van der Waals surface area (Å²) < 4.78 is 5.51. The molecule has 0 aliphatic heterocycles. The molecule has 0 aromatic heterocycles. The van der Waals surface area contributed by atoms with Gasteiger partial charge in [0.2, 0.25) is 0 Å². The highest BCUT2D eigenvalue weighted by atomic mass is 16.5. The van der Waals surface area contributed by atoms with Gasteiger partial charge in [0.1, 0.15) is 5.75 Å². The van der Waals surface area contributed by atoms with Crippen LogP contribution in [0.3, 0.4) is 0 Å².